The average Bonchev–Trinajstić information content (AvgIpc) is 2.80. The van der Waals surface area contributed by atoms with E-state index in [4.69, 9.17) is 0 Å². The fraction of sp³-hybridized carbons (Fsp3) is 0.111. The van der Waals surface area contributed by atoms with Gasteiger partial charge >= 0.3 is 0 Å². The van der Waals surface area contributed by atoms with Gasteiger partial charge in [-0.1, -0.05) is 5.16 Å². The van der Waals surface area contributed by atoms with Crippen LogP contribution in [0.3, 0.4) is 0 Å². The summed E-state index contributed by atoms with van der Waals surface area (Å²) in [5.41, 5.74) is -0.141. The summed E-state index contributed by atoms with van der Waals surface area (Å²) in [7, 11) is -3.84. The van der Waals surface area contributed by atoms with Gasteiger partial charge in [0.1, 0.15) is 11.2 Å². The lowest BCUT2D eigenvalue weighted by molar-refractivity contribution is 0.411. The minimum Gasteiger partial charge on any atom is -0.366 e. The molecule has 8 heteroatoms. The van der Waals surface area contributed by atoms with Gasteiger partial charge in [0.25, 0.3) is 0 Å². The zero-order valence-electron chi connectivity index (χ0n) is 8.58. The molecule has 90 valence electrons. The number of pyridine rings is 1. The first-order valence-corrected chi connectivity index (χ1v) is 6.14. The van der Waals surface area contributed by atoms with Gasteiger partial charge in [0.15, 0.2) is 0 Å². The Hall–Kier alpha value is -1.93. The Morgan fingerprint density at radius 1 is 1.41 bits per heavy atom. The largest absolute Gasteiger partial charge is 0.366 e. The topological polar surface area (TPSA) is 105 Å². The average molecular weight is 255 g/mol. The quantitative estimate of drug-likeness (QED) is 0.789. The van der Waals surface area contributed by atoms with E-state index in [1.54, 1.807) is 0 Å². The monoisotopic (exact) mass is 255 g/mol. The molecule has 0 amide bonds. The van der Waals surface area contributed by atoms with Gasteiger partial charge in [-0.2, -0.15) is 0 Å². The van der Waals surface area contributed by atoms with Crippen molar-refractivity contribution in [3.63, 3.8) is 0 Å². The lowest BCUT2D eigenvalue weighted by Gasteiger charge is -2.03. The molecule has 0 aliphatic rings. The number of nitrogens with one attached hydrogen (secondary N) is 2. The molecule has 0 bridgehead atoms. The lowest BCUT2D eigenvalue weighted by atomic mass is 10.5. The van der Waals surface area contributed by atoms with E-state index in [-0.39, 0.29) is 11.4 Å². The van der Waals surface area contributed by atoms with Crippen molar-refractivity contribution in [3.8, 4) is 0 Å². The Morgan fingerprint density at radius 3 is 2.88 bits per heavy atom. The first kappa shape index (κ1) is 11.6. The Kier molecular flexibility index (Phi) is 3.07. The molecule has 0 fully saturated rings. The molecule has 2 aromatic heterocycles. The minimum absolute atomic E-state index is 0.0346. The van der Waals surface area contributed by atoms with Crippen molar-refractivity contribution in [1.29, 1.82) is 0 Å². The molecule has 0 aromatic carbocycles. The third-order valence-electron chi connectivity index (χ3n) is 2.01. The normalized spacial score (nSPS) is 11.5. The molecular weight excluding hydrogens is 246 g/mol. The molecular formula is C9H9N3O4S. The van der Waals surface area contributed by atoms with Crippen molar-refractivity contribution >= 4 is 10.0 Å². The zero-order chi connectivity index (χ0) is 12.3. The van der Waals surface area contributed by atoms with Crippen LogP contribution in [-0.4, -0.2) is 18.6 Å². The summed E-state index contributed by atoms with van der Waals surface area (Å²) in [4.78, 5) is 13.6. The smallest absolute Gasteiger partial charge is 0.246 e. The Bertz CT molecular complexity index is 645. The number of H-pyrrole nitrogens is 1. The number of sulfonamides is 1. The van der Waals surface area contributed by atoms with Gasteiger partial charge in [-0.15, -0.1) is 0 Å². The van der Waals surface area contributed by atoms with Gasteiger partial charge in [0.05, 0.1) is 12.2 Å². The van der Waals surface area contributed by atoms with Crippen molar-refractivity contribution in [2.75, 3.05) is 0 Å². The van der Waals surface area contributed by atoms with Crippen molar-refractivity contribution in [3.05, 3.63) is 46.7 Å². The molecule has 0 atom stereocenters. The summed E-state index contributed by atoms with van der Waals surface area (Å²) in [6.45, 7) is -0.0346. The van der Waals surface area contributed by atoms with E-state index in [2.05, 4.69) is 19.4 Å². The van der Waals surface area contributed by atoms with Gasteiger partial charge in [-0.3, -0.25) is 4.79 Å². The second-order valence-electron chi connectivity index (χ2n) is 3.19. The number of aromatic amines is 1. The number of hydrogen-bond acceptors (Lipinski definition) is 5. The van der Waals surface area contributed by atoms with Crippen LogP contribution >= 0.6 is 0 Å². The van der Waals surface area contributed by atoms with Crippen LogP contribution in [0, 0.1) is 0 Å². The summed E-state index contributed by atoms with van der Waals surface area (Å²) >= 11 is 0. The molecule has 0 saturated carbocycles. The van der Waals surface area contributed by atoms with Crippen molar-refractivity contribution in [1.82, 2.24) is 14.9 Å². The maximum atomic E-state index is 11.8. The van der Waals surface area contributed by atoms with Crippen LogP contribution in [0.1, 0.15) is 5.69 Å². The van der Waals surface area contributed by atoms with Crippen LogP contribution in [0.5, 0.6) is 0 Å². The van der Waals surface area contributed by atoms with Gasteiger partial charge in [-0.25, -0.2) is 13.1 Å². The van der Waals surface area contributed by atoms with E-state index in [1.165, 1.54) is 18.5 Å². The van der Waals surface area contributed by atoms with E-state index in [1.807, 2.05) is 0 Å². The summed E-state index contributed by atoms with van der Waals surface area (Å²) in [6.07, 6.45) is 3.82. The van der Waals surface area contributed by atoms with E-state index in [0.717, 1.165) is 12.3 Å². The minimum atomic E-state index is -3.84. The molecule has 2 aromatic rings. The predicted octanol–water partition coefficient (Wildman–Crippen LogP) is -0.159. The number of aromatic nitrogens is 2. The molecule has 17 heavy (non-hydrogen) atoms. The first-order chi connectivity index (χ1) is 8.09. The highest BCUT2D eigenvalue weighted by Gasteiger charge is 2.17. The van der Waals surface area contributed by atoms with E-state index in [0.29, 0.717) is 5.69 Å². The summed E-state index contributed by atoms with van der Waals surface area (Å²) in [6, 6.07) is 2.67. The summed E-state index contributed by atoms with van der Waals surface area (Å²) < 4.78 is 30.3. The second-order valence-corrected chi connectivity index (χ2v) is 4.92. The third kappa shape index (κ3) is 2.60. The predicted molar refractivity (Wildman–Crippen MR) is 57.6 cm³/mol. The number of nitrogens with zero attached hydrogens (tertiary/aromatic N) is 1. The van der Waals surface area contributed by atoms with E-state index in [9.17, 15) is 13.2 Å². The van der Waals surface area contributed by atoms with Gasteiger partial charge < -0.3 is 9.51 Å². The fourth-order valence-corrected chi connectivity index (χ4v) is 2.24. The zero-order valence-corrected chi connectivity index (χ0v) is 9.40. The molecule has 2 rings (SSSR count). The molecule has 0 radical (unpaired) electrons. The van der Waals surface area contributed by atoms with Gasteiger partial charge in [0, 0.05) is 24.5 Å². The van der Waals surface area contributed by atoms with Gasteiger partial charge in [0.2, 0.25) is 15.5 Å². The molecule has 0 aliphatic carbocycles. The fourth-order valence-electron chi connectivity index (χ4n) is 1.19. The van der Waals surface area contributed by atoms with Crippen LogP contribution < -0.4 is 10.2 Å². The highest BCUT2D eigenvalue weighted by Crippen LogP contribution is 2.02. The van der Waals surface area contributed by atoms with Crippen molar-refractivity contribution in [2.45, 2.75) is 11.4 Å². The van der Waals surface area contributed by atoms with Crippen LogP contribution in [0.4, 0.5) is 0 Å². The molecule has 0 aliphatic heterocycles. The Labute approximate surface area is 96.5 Å². The van der Waals surface area contributed by atoms with Crippen molar-refractivity contribution < 1.29 is 12.9 Å². The van der Waals surface area contributed by atoms with E-state index < -0.39 is 15.5 Å². The molecule has 0 spiro atoms. The molecule has 0 saturated heterocycles. The first-order valence-electron chi connectivity index (χ1n) is 4.65. The molecule has 2 heterocycles. The van der Waals surface area contributed by atoms with Crippen LogP contribution in [0.2, 0.25) is 0 Å². The SMILES string of the molecule is O=c1cc[nH]cc1S(=O)(=O)NCc1ccon1. The van der Waals surface area contributed by atoms with Crippen molar-refractivity contribution in [2.24, 2.45) is 0 Å². The number of rotatable bonds is 4. The number of hydrogen-bond donors (Lipinski definition) is 2. The molecule has 7 nitrogen and oxygen atoms in total. The Balaban J connectivity index is 2.20. The maximum absolute atomic E-state index is 11.8. The Morgan fingerprint density at radius 2 is 2.24 bits per heavy atom. The summed E-state index contributed by atoms with van der Waals surface area (Å²) in [5.74, 6) is 0. The van der Waals surface area contributed by atoms with Gasteiger partial charge in [-0.05, 0) is 0 Å². The highest BCUT2D eigenvalue weighted by molar-refractivity contribution is 7.89. The maximum Gasteiger partial charge on any atom is 0.246 e. The van der Waals surface area contributed by atoms with Crippen LogP contribution in [0.15, 0.2) is 45.0 Å². The van der Waals surface area contributed by atoms with E-state index >= 15 is 0 Å². The lowest BCUT2D eigenvalue weighted by Crippen LogP contribution is -2.28. The second kappa shape index (κ2) is 4.52. The molecule has 0 unspecified atom stereocenters. The molecule has 2 N–H and O–H groups in total. The standard InChI is InChI=1S/C9H9N3O4S/c13-8-1-3-10-6-9(8)17(14,15)11-5-7-2-4-16-12-7/h1-4,6,11H,5H2,(H,10,13). The summed E-state index contributed by atoms with van der Waals surface area (Å²) in [5, 5.41) is 3.55. The van der Waals surface area contributed by atoms with Crippen LogP contribution in [-0.2, 0) is 16.6 Å². The third-order valence-corrected chi connectivity index (χ3v) is 3.43. The van der Waals surface area contributed by atoms with Crippen LogP contribution in [0.25, 0.3) is 0 Å². The highest BCUT2D eigenvalue weighted by atomic mass is 32.2.